The summed E-state index contributed by atoms with van der Waals surface area (Å²) in [6.07, 6.45) is 0. The number of carbonyl (C=O) groups is 1. The summed E-state index contributed by atoms with van der Waals surface area (Å²) in [6.45, 7) is 1.14. The van der Waals surface area contributed by atoms with Gasteiger partial charge in [-0.25, -0.2) is 0 Å². The molecule has 0 aliphatic carbocycles. The van der Waals surface area contributed by atoms with Crippen LogP contribution in [-0.2, 0) is 0 Å². The molecule has 4 nitrogen and oxygen atoms in total. The van der Waals surface area contributed by atoms with Crippen molar-refractivity contribution in [2.24, 2.45) is 5.73 Å². The van der Waals surface area contributed by atoms with E-state index in [2.05, 4.69) is 5.32 Å². The summed E-state index contributed by atoms with van der Waals surface area (Å²) in [5.74, 6) is -0.162. The fourth-order valence-electron chi connectivity index (χ4n) is 1.13. The normalized spacial score (nSPS) is 10.0. The Hall–Kier alpha value is -1.26. The molecule has 82 valence electrons. The largest absolute Gasteiger partial charge is 0.491 e. The number of carbonyl (C=O) groups excluding carboxylic acids is 1. The smallest absolute Gasteiger partial charge is 0.253 e. The highest BCUT2D eigenvalue weighted by Gasteiger charge is 2.13. The molecule has 0 aromatic heterocycles. The fourth-order valence-corrected chi connectivity index (χ4v) is 1.39. The van der Waals surface area contributed by atoms with E-state index in [1.54, 1.807) is 18.2 Å². The van der Waals surface area contributed by atoms with Gasteiger partial charge in [0.25, 0.3) is 5.91 Å². The third-order valence-corrected chi connectivity index (χ3v) is 2.15. The lowest BCUT2D eigenvalue weighted by Crippen LogP contribution is -2.18. The van der Waals surface area contributed by atoms with Gasteiger partial charge in [-0.2, -0.15) is 0 Å². The fraction of sp³-hybridized carbons (Fsp3) is 0.300. The van der Waals surface area contributed by atoms with Crippen molar-refractivity contribution in [1.82, 2.24) is 5.32 Å². The summed E-state index contributed by atoms with van der Waals surface area (Å²) < 4.78 is 5.37. The summed E-state index contributed by atoms with van der Waals surface area (Å²) in [5.41, 5.74) is 5.43. The zero-order valence-electron chi connectivity index (χ0n) is 8.42. The molecule has 0 atom stereocenters. The lowest BCUT2D eigenvalue weighted by atomic mass is 10.2. The lowest BCUT2D eigenvalue weighted by Gasteiger charge is -2.10. The number of nitrogens with one attached hydrogen (secondary N) is 1. The Bertz CT molecular complexity index is 355. The van der Waals surface area contributed by atoms with Gasteiger partial charge in [0.05, 0.1) is 10.6 Å². The van der Waals surface area contributed by atoms with Gasteiger partial charge in [0.2, 0.25) is 0 Å². The van der Waals surface area contributed by atoms with Gasteiger partial charge in [0.1, 0.15) is 12.4 Å². The van der Waals surface area contributed by atoms with Crippen molar-refractivity contribution in [2.45, 2.75) is 0 Å². The Morgan fingerprint density at radius 3 is 2.93 bits per heavy atom. The van der Waals surface area contributed by atoms with Gasteiger partial charge in [-0.1, -0.05) is 17.7 Å². The van der Waals surface area contributed by atoms with Crippen molar-refractivity contribution in [1.29, 1.82) is 0 Å². The predicted octanol–water partition coefficient (Wildman–Crippen LogP) is 1.04. The number of halogens is 1. The van der Waals surface area contributed by atoms with Crippen LogP contribution in [0.1, 0.15) is 10.4 Å². The third-order valence-electron chi connectivity index (χ3n) is 1.83. The van der Waals surface area contributed by atoms with E-state index in [0.717, 1.165) is 0 Å². The summed E-state index contributed by atoms with van der Waals surface area (Å²) in [5, 5.41) is 3.24. The highest BCUT2D eigenvalue weighted by Crippen LogP contribution is 2.25. The summed E-state index contributed by atoms with van der Waals surface area (Å²) >= 11 is 5.84. The predicted molar refractivity (Wildman–Crippen MR) is 59.4 cm³/mol. The van der Waals surface area contributed by atoms with Crippen LogP contribution in [0, 0.1) is 0 Å². The topological polar surface area (TPSA) is 64.3 Å². The number of hydrogen-bond donors (Lipinski definition) is 2. The molecule has 0 saturated heterocycles. The van der Waals surface area contributed by atoms with Crippen LogP contribution in [0.25, 0.3) is 0 Å². The number of hydrogen-bond acceptors (Lipinski definition) is 3. The van der Waals surface area contributed by atoms with Crippen molar-refractivity contribution in [2.75, 3.05) is 20.2 Å². The van der Waals surface area contributed by atoms with E-state index in [-0.39, 0.29) is 5.56 Å². The lowest BCUT2D eigenvalue weighted by molar-refractivity contribution is 0.0996. The Balaban J connectivity index is 2.86. The monoisotopic (exact) mass is 228 g/mol. The average Bonchev–Trinajstić information content (AvgIpc) is 2.17. The highest BCUT2D eigenvalue weighted by molar-refractivity contribution is 6.34. The molecule has 0 bridgehead atoms. The first-order valence-electron chi connectivity index (χ1n) is 4.52. The van der Waals surface area contributed by atoms with Crippen LogP contribution in [0.4, 0.5) is 0 Å². The molecule has 0 spiro atoms. The van der Waals surface area contributed by atoms with Crippen LogP contribution in [0.3, 0.4) is 0 Å². The van der Waals surface area contributed by atoms with Gasteiger partial charge in [-0.05, 0) is 19.2 Å². The molecule has 0 saturated carbocycles. The molecular weight excluding hydrogens is 216 g/mol. The third kappa shape index (κ3) is 3.11. The van der Waals surface area contributed by atoms with E-state index >= 15 is 0 Å². The quantitative estimate of drug-likeness (QED) is 0.740. The minimum absolute atomic E-state index is 0.232. The van der Waals surface area contributed by atoms with E-state index in [4.69, 9.17) is 22.1 Å². The number of rotatable bonds is 5. The zero-order chi connectivity index (χ0) is 11.3. The first-order chi connectivity index (χ1) is 7.16. The molecular formula is C10H13ClN2O2. The Labute approximate surface area is 93.4 Å². The van der Waals surface area contributed by atoms with Crippen molar-refractivity contribution >= 4 is 17.5 Å². The van der Waals surface area contributed by atoms with Gasteiger partial charge >= 0.3 is 0 Å². The number of ether oxygens (including phenoxy) is 1. The molecule has 0 unspecified atom stereocenters. The van der Waals surface area contributed by atoms with E-state index in [9.17, 15) is 4.79 Å². The zero-order valence-corrected chi connectivity index (χ0v) is 9.17. The molecule has 3 N–H and O–H groups in total. The van der Waals surface area contributed by atoms with E-state index in [0.29, 0.717) is 23.9 Å². The van der Waals surface area contributed by atoms with Gasteiger partial charge < -0.3 is 15.8 Å². The second kappa shape index (κ2) is 5.58. The van der Waals surface area contributed by atoms with Crippen LogP contribution < -0.4 is 15.8 Å². The van der Waals surface area contributed by atoms with Crippen LogP contribution >= 0.6 is 11.6 Å². The minimum Gasteiger partial charge on any atom is -0.491 e. The molecule has 1 aromatic carbocycles. The molecule has 0 radical (unpaired) electrons. The van der Waals surface area contributed by atoms with Crippen molar-refractivity contribution < 1.29 is 9.53 Å². The average molecular weight is 229 g/mol. The van der Waals surface area contributed by atoms with Gasteiger partial charge in [0.15, 0.2) is 0 Å². The number of benzene rings is 1. The van der Waals surface area contributed by atoms with Crippen LogP contribution in [0.2, 0.25) is 5.02 Å². The van der Waals surface area contributed by atoms with Gasteiger partial charge in [0, 0.05) is 6.54 Å². The maximum Gasteiger partial charge on any atom is 0.253 e. The molecule has 5 heteroatoms. The first-order valence-corrected chi connectivity index (χ1v) is 4.90. The Morgan fingerprint density at radius 2 is 2.33 bits per heavy atom. The van der Waals surface area contributed by atoms with Crippen LogP contribution in [0.15, 0.2) is 18.2 Å². The first kappa shape index (κ1) is 11.8. The second-order valence-corrected chi connectivity index (χ2v) is 3.34. The van der Waals surface area contributed by atoms with Gasteiger partial charge in [-0.3, -0.25) is 4.79 Å². The number of primary amides is 1. The maximum atomic E-state index is 11.1. The van der Waals surface area contributed by atoms with Crippen molar-refractivity contribution in [3.8, 4) is 5.75 Å². The molecule has 1 aromatic rings. The molecule has 0 aliphatic rings. The van der Waals surface area contributed by atoms with Crippen molar-refractivity contribution in [3.63, 3.8) is 0 Å². The number of nitrogens with two attached hydrogens (primary N) is 1. The van der Waals surface area contributed by atoms with E-state index < -0.39 is 5.91 Å². The minimum atomic E-state index is -0.583. The SMILES string of the molecule is CNCCOc1cccc(Cl)c1C(N)=O. The summed E-state index contributed by atoms with van der Waals surface area (Å²) in [7, 11) is 1.82. The molecule has 1 rings (SSSR count). The molecule has 15 heavy (non-hydrogen) atoms. The summed E-state index contributed by atoms with van der Waals surface area (Å²) in [4.78, 5) is 11.1. The molecule has 0 aliphatic heterocycles. The van der Waals surface area contributed by atoms with Gasteiger partial charge in [-0.15, -0.1) is 0 Å². The Kier molecular flexibility index (Phi) is 4.39. The standard InChI is InChI=1S/C10H13ClN2O2/c1-13-5-6-15-8-4-2-3-7(11)9(8)10(12)14/h2-4,13H,5-6H2,1H3,(H2,12,14). The number of likely N-dealkylation sites (N-methyl/N-ethyl adjacent to an activating group) is 1. The highest BCUT2D eigenvalue weighted by atomic mass is 35.5. The molecule has 1 amide bonds. The second-order valence-electron chi connectivity index (χ2n) is 2.93. The Morgan fingerprint density at radius 1 is 1.60 bits per heavy atom. The summed E-state index contributed by atoms with van der Waals surface area (Å²) in [6, 6.07) is 4.98. The van der Waals surface area contributed by atoms with E-state index in [1.807, 2.05) is 7.05 Å². The van der Waals surface area contributed by atoms with Crippen LogP contribution in [-0.4, -0.2) is 26.1 Å². The van der Waals surface area contributed by atoms with E-state index in [1.165, 1.54) is 0 Å². The molecule has 0 heterocycles. The molecule has 0 fully saturated rings. The van der Waals surface area contributed by atoms with Crippen LogP contribution in [0.5, 0.6) is 5.75 Å². The van der Waals surface area contributed by atoms with Crippen molar-refractivity contribution in [3.05, 3.63) is 28.8 Å². The number of amides is 1. The maximum absolute atomic E-state index is 11.1.